The molecule has 1 saturated heterocycles. The van der Waals surface area contributed by atoms with E-state index in [2.05, 4.69) is 10.6 Å². The summed E-state index contributed by atoms with van der Waals surface area (Å²) in [4.78, 5) is 12.0. The Labute approximate surface area is 120 Å². The zero-order valence-corrected chi connectivity index (χ0v) is 12.3. The molecule has 1 fully saturated rings. The number of methoxy groups -OCH3 is 1. The molecule has 4 heteroatoms. The zero-order valence-electron chi connectivity index (χ0n) is 12.3. The first-order valence-electron chi connectivity index (χ1n) is 7.33. The maximum Gasteiger partial charge on any atom is 0.220 e. The number of benzene rings is 1. The van der Waals surface area contributed by atoms with Crippen molar-refractivity contribution in [2.45, 2.75) is 32.2 Å². The number of hydrogen-bond acceptors (Lipinski definition) is 3. The van der Waals surface area contributed by atoms with Crippen molar-refractivity contribution in [3.63, 3.8) is 0 Å². The molecule has 2 rings (SSSR count). The van der Waals surface area contributed by atoms with Gasteiger partial charge in [0.2, 0.25) is 5.91 Å². The quantitative estimate of drug-likeness (QED) is 0.838. The number of amides is 1. The van der Waals surface area contributed by atoms with Crippen molar-refractivity contribution in [2.24, 2.45) is 5.92 Å². The largest absolute Gasteiger partial charge is 0.496 e. The number of rotatable bonds is 6. The first kappa shape index (κ1) is 14.9. The molecule has 0 radical (unpaired) electrons. The predicted molar refractivity (Wildman–Crippen MR) is 79.8 cm³/mol. The predicted octanol–water partition coefficient (Wildman–Crippen LogP) is 2.26. The third-order valence-electron chi connectivity index (χ3n) is 3.92. The van der Waals surface area contributed by atoms with Gasteiger partial charge in [-0.15, -0.1) is 0 Å². The molecule has 0 aliphatic carbocycles. The highest BCUT2D eigenvalue weighted by atomic mass is 16.5. The van der Waals surface area contributed by atoms with Gasteiger partial charge in [-0.2, -0.15) is 0 Å². The van der Waals surface area contributed by atoms with Gasteiger partial charge in [0, 0.05) is 12.0 Å². The Morgan fingerprint density at radius 2 is 2.30 bits per heavy atom. The van der Waals surface area contributed by atoms with Crippen molar-refractivity contribution < 1.29 is 9.53 Å². The van der Waals surface area contributed by atoms with Crippen molar-refractivity contribution in [2.75, 3.05) is 20.2 Å². The minimum Gasteiger partial charge on any atom is -0.496 e. The number of carbonyl (C=O) groups excluding carboxylic acids is 1. The molecule has 0 bridgehead atoms. The van der Waals surface area contributed by atoms with E-state index in [-0.39, 0.29) is 11.9 Å². The zero-order chi connectivity index (χ0) is 14.4. The Morgan fingerprint density at radius 3 is 3.00 bits per heavy atom. The van der Waals surface area contributed by atoms with Gasteiger partial charge in [0.25, 0.3) is 0 Å². The number of para-hydroxylation sites is 1. The summed E-state index contributed by atoms with van der Waals surface area (Å²) < 4.78 is 5.33. The fraction of sp³-hybridized carbons (Fsp3) is 0.562. The molecule has 0 aromatic heterocycles. The molecule has 110 valence electrons. The van der Waals surface area contributed by atoms with Crippen molar-refractivity contribution in [1.29, 1.82) is 0 Å². The maximum absolute atomic E-state index is 12.0. The van der Waals surface area contributed by atoms with Gasteiger partial charge in [0.1, 0.15) is 5.75 Å². The molecule has 0 saturated carbocycles. The lowest BCUT2D eigenvalue weighted by molar-refractivity contribution is -0.122. The molecule has 1 heterocycles. The van der Waals surface area contributed by atoms with Crippen LogP contribution in [0.2, 0.25) is 0 Å². The number of carbonyl (C=O) groups is 1. The van der Waals surface area contributed by atoms with E-state index in [1.165, 1.54) is 6.42 Å². The third kappa shape index (κ3) is 3.97. The topological polar surface area (TPSA) is 50.4 Å². The van der Waals surface area contributed by atoms with Crippen molar-refractivity contribution >= 4 is 5.91 Å². The monoisotopic (exact) mass is 276 g/mol. The summed E-state index contributed by atoms with van der Waals surface area (Å²) in [5, 5.41) is 6.39. The lowest BCUT2D eigenvalue weighted by atomic mass is 10.0. The Bertz CT molecular complexity index is 442. The van der Waals surface area contributed by atoms with E-state index >= 15 is 0 Å². The molecule has 2 N–H and O–H groups in total. The Hall–Kier alpha value is -1.55. The lowest BCUT2D eigenvalue weighted by Gasteiger charge is -2.17. The number of hydrogen-bond donors (Lipinski definition) is 2. The van der Waals surface area contributed by atoms with Gasteiger partial charge in [-0.1, -0.05) is 18.2 Å². The molecular weight excluding hydrogens is 252 g/mol. The average molecular weight is 276 g/mol. The highest BCUT2D eigenvalue weighted by molar-refractivity contribution is 5.76. The first-order valence-corrected chi connectivity index (χ1v) is 7.33. The van der Waals surface area contributed by atoms with Gasteiger partial charge >= 0.3 is 0 Å². The Kier molecular flexibility index (Phi) is 5.41. The van der Waals surface area contributed by atoms with Crippen LogP contribution in [-0.2, 0) is 4.79 Å². The molecular formula is C16H24N2O2. The highest BCUT2D eigenvalue weighted by Crippen LogP contribution is 2.24. The highest BCUT2D eigenvalue weighted by Gasteiger charge is 2.17. The van der Waals surface area contributed by atoms with Crippen LogP contribution in [0.15, 0.2) is 24.3 Å². The third-order valence-corrected chi connectivity index (χ3v) is 3.92. The molecule has 20 heavy (non-hydrogen) atoms. The summed E-state index contributed by atoms with van der Waals surface area (Å²) in [6, 6.07) is 7.78. The molecule has 1 aliphatic heterocycles. The summed E-state index contributed by atoms with van der Waals surface area (Å²) in [5.41, 5.74) is 1.02. The van der Waals surface area contributed by atoms with Gasteiger partial charge in [-0.05, 0) is 44.8 Å². The second-order valence-electron chi connectivity index (χ2n) is 5.43. The molecule has 1 aromatic carbocycles. The minimum absolute atomic E-state index is 0.0275. The van der Waals surface area contributed by atoms with E-state index in [1.807, 2.05) is 31.2 Å². The van der Waals surface area contributed by atoms with Crippen LogP contribution in [0.25, 0.3) is 0 Å². The van der Waals surface area contributed by atoms with Crippen LogP contribution in [0.3, 0.4) is 0 Å². The number of nitrogens with one attached hydrogen (secondary N) is 2. The molecule has 1 aliphatic rings. The molecule has 1 amide bonds. The van der Waals surface area contributed by atoms with Crippen molar-refractivity contribution in [1.82, 2.24) is 10.6 Å². The van der Waals surface area contributed by atoms with Gasteiger partial charge in [-0.3, -0.25) is 4.79 Å². The van der Waals surface area contributed by atoms with Gasteiger partial charge in [0.05, 0.1) is 13.2 Å². The van der Waals surface area contributed by atoms with Gasteiger partial charge < -0.3 is 15.4 Å². The molecule has 4 nitrogen and oxygen atoms in total. The summed E-state index contributed by atoms with van der Waals surface area (Å²) in [7, 11) is 1.65. The second-order valence-corrected chi connectivity index (χ2v) is 5.43. The maximum atomic E-state index is 12.0. The SMILES string of the molecule is COc1ccccc1[C@H](C)NC(=O)CCC1CCNC1. The Morgan fingerprint density at radius 1 is 1.50 bits per heavy atom. The van der Waals surface area contributed by atoms with E-state index in [0.29, 0.717) is 12.3 Å². The van der Waals surface area contributed by atoms with Crippen LogP contribution >= 0.6 is 0 Å². The van der Waals surface area contributed by atoms with Crippen LogP contribution < -0.4 is 15.4 Å². The van der Waals surface area contributed by atoms with E-state index < -0.39 is 0 Å². The van der Waals surface area contributed by atoms with Crippen LogP contribution in [0.4, 0.5) is 0 Å². The second kappa shape index (κ2) is 7.29. The smallest absolute Gasteiger partial charge is 0.220 e. The number of ether oxygens (including phenoxy) is 1. The Balaban J connectivity index is 1.83. The summed E-state index contributed by atoms with van der Waals surface area (Å²) >= 11 is 0. The summed E-state index contributed by atoms with van der Waals surface area (Å²) in [5.74, 6) is 1.60. The summed E-state index contributed by atoms with van der Waals surface area (Å²) in [6.45, 7) is 4.13. The van der Waals surface area contributed by atoms with Crippen molar-refractivity contribution in [3.05, 3.63) is 29.8 Å². The molecule has 1 aromatic rings. The fourth-order valence-electron chi connectivity index (χ4n) is 2.71. The van der Waals surface area contributed by atoms with Gasteiger partial charge in [-0.25, -0.2) is 0 Å². The molecule has 1 unspecified atom stereocenters. The van der Waals surface area contributed by atoms with Crippen LogP contribution in [-0.4, -0.2) is 26.1 Å². The van der Waals surface area contributed by atoms with E-state index in [4.69, 9.17) is 4.74 Å². The van der Waals surface area contributed by atoms with Crippen molar-refractivity contribution in [3.8, 4) is 5.75 Å². The van der Waals surface area contributed by atoms with Gasteiger partial charge in [0.15, 0.2) is 0 Å². The average Bonchev–Trinajstić information content (AvgIpc) is 2.98. The fourth-order valence-corrected chi connectivity index (χ4v) is 2.71. The van der Waals surface area contributed by atoms with E-state index in [1.54, 1.807) is 7.11 Å². The minimum atomic E-state index is -0.0275. The van der Waals surface area contributed by atoms with Crippen LogP contribution in [0, 0.1) is 5.92 Å². The first-order chi connectivity index (χ1) is 9.70. The van der Waals surface area contributed by atoms with E-state index in [0.717, 1.165) is 30.8 Å². The lowest BCUT2D eigenvalue weighted by Crippen LogP contribution is -2.27. The normalized spacial score (nSPS) is 19.6. The molecule has 2 atom stereocenters. The molecule has 0 spiro atoms. The van der Waals surface area contributed by atoms with Crippen LogP contribution in [0.5, 0.6) is 5.75 Å². The summed E-state index contributed by atoms with van der Waals surface area (Å²) in [6.07, 6.45) is 2.76. The van der Waals surface area contributed by atoms with E-state index in [9.17, 15) is 4.79 Å². The van der Waals surface area contributed by atoms with Crippen LogP contribution in [0.1, 0.15) is 37.8 Å². The standard InChI is InChI=1S/C16H24N2O2/c1-12(14-5-3-4-6-15(14)20-2)18-16(19)8-7-13-9-10-17-11-13/h3-6,12-13,17H,7-11H2,1-2H3,(H,18,19)/t12-,13?/m0/s1.